The van der Waals surface area contributed by atoms with Crippen molar-refractivity contribution in [1.82, 2.24) is 0 Å². The highest BCUT2D eigenvalue weighted by molar-refractivity contribution is 9.09. The summed E-state index contributed by atoms with van der Waals surface area (Å²) in [4.78, 5) is 18.0. The van der Waals surface area contributed by atoms with E-state index in [1.807, 2.05) is 24.3 Å². The number of carbonyl (C=O) groups is 1. The first-order valence-electron chi connectivity index (χ1n) is 10.2. The molecule has 2 aromatic carbocycles. The monoisotopic (exact) mass is 453 g/mol. The molecule has 5 heteroatoms. The minimum Gasteiger partial charge on any atom is -0.464 e. The van der Waals surface area contributed by atoms with Gasteiger partial charge in [0.05, 0.1) is 18.4 Å². The third-order valence-corrected chi connectivity index (χ3v) is 8.81. The van der Waals surface area contributed by atoms with Crippen molar-refractivity contribution >= 4 is 49.4 Å². The second kappa shape index (κ2) is 6.69. The van der Waals surface area contributed by atoms with Crippen molar-refractivity contribution in [2.24, 2.45) is 21.9 Å². The molecular weight excluding hydrogens is 430 g/mol. The van der Waals surface area contributed by atoms with Crippen molar-refractivity contribution in [3.8, 4) is 0 Å². The van der Waals surface area contributed by atoms with E-state index in [1.54, 1.807) is 6.26 Å². The molecule has 29 heavy (non-hydrogen) atoms. The zero-order valence-corrected chi connectivity index (χ0v) is 18.3. The van der Waals surface area contributed by atoms with Gasteiger partial charge in [-0.05, 0) is 47.4 Å². The topological polar surface area (TPSA) is 51.8 Å². The lowest BCUT2D eigenvalue weighted by atomic mass is 9.70. The van der Waals surface area contributed by atoms with E-state index < -0.39 is 0 Å². The van der Waals surface area contributed by atoms with E-state index in [2.05, 4.69) is 47.1 Å². The molecule has 150 valence electrons. The van der Waals surface area contributed by atoms with E-state index in [0.29, 0.717) is 5.92 Å². The molecule has 2 aliphatic carbocycles. The highest BCUT2D eigenvalue weighted by atomic mass is 79.9. The standard InChI is InChI=1S/C24H24BrNO3/c1-23-10-9-17(24(23,2)14-25)12-20(23)26-29-21(27)11-16-13-28-19-8-7-15-5-3-4-6-18(15)22(16)19/h3-8,13,17H,9-12,14H2,1-2H3/b26-20+. The molecule has 5 rings (SSSR count). The van der Waals surface area contributed by atoms with Crippen molar-refractivity contribution in [2.45, 2.75) is 39.5 Å². The number of rotatable bonds is 4. The highest BCUT2D eigenvalue weighted by Crippen LogP contribution is 2.64. The normalized spacial score (nSPS) is 29.9. The first kappa shape index (κ1) is 18.9. The Morgan fingerprint density at radius 1 is 1.28 bits per heavy atom. The molecule has 2 fully saturated rings. The Bertz CT molecular complexity index is 1150. The molecule has 4 nitrogen and oxygen atoms in total. The number of fused-ring (bicyclic) bond motifs is 5. The Morgan fingerprint density at radius 3 is 2.90 bits per heavy atom. The summed E-state index contributed by atoms with van der Waals surface area (Å²) in [6.45, 7) is 4.59. The molecular formula is C24H24BrNO3. The van der Waals surface area contributed by atoms with Gasteiger partial charge in [-0.25, -0.2) is 4.79 Å². The molecule has 0 saturated heterocycles. The van der Waals surface area contributed by atoms with Crippen LogP contribution in [0.5, 0.6) is 0 Å². The highest BCUT2D eigenvalue weighted by Gasteiger charge is 2.62. The summed E-state index contributed by atoms with van der Waals surface area (Å²) < 4.78 is 5.69. The summed E-state index contributed by atoms with van der Waals surface area (Å²) in [6, 6.07) is 12.1. The fourth-order valence-corrected chi connectivity index (χ4v) is 6.55. The number of hydrogen-bond acceptors (Lipinski definition) is 4. The van der Waals surface area contributed by atoms with Crippen LogP contribution in [0.15, 0.2) is 52.2 Å². The lowest BCUT2D eigenvalue weighted by molar-refractivity contribution is -0.142. The molecule has 0 spiro atoms. The predicted molar refractivity (Wildman–Crippen MR) is 118 cm³/mol. The maximum atomic E-state index is 12.6. The summed E-state index contributed by atoms with van der Waals surface area (Å²) in [5.74, 6) is 0.258. The van der Waals surface area contributed by atoms with Crippen LogP contribution in [0.25, 0.3) is 21.7 Å². The van der Waals surface area contributed by atoms with E-state index in [1.165, 1.54) is 6.42 Å². The Kier molecular flexibility index (Phi) is 4.35. The minimum atomic E-state index is -0.347. The number of halogens is 1. The van der Waals surface area contributed by atoms with E-state index >= 15 is 0 Å². The third kappa shape index (κ3) is 2.70. The fourth-order valence-electron chi connectivity index (χ4n) is 5.47. The van der Waals surface area contributed by atoms with E-state index in [0.717, 1.165) is 51.2 Å². The van der Waals surface area contributed by atoms with Gasteiger partial charge in [0.25, 0.3) is 0 Å². The number of oxime groups is 1. The van der Waals surface area contributed by atoms with Gasteiger partial charge < -0.3 is 9.25 Å². The summed E-state index contributed by atoms with van der Waals surface area (Å²) in [7, 11) is 0. The molecule has 2 bridgehead atoms. The first-order valence-corrected chi connectivity index (χ1v) is 11.3. The van der Waals surface area contributed by atoms with Crippen molar-refractivity contribution in [2.75, 3.05) is 5.33 Å². The lowest BCUT2D eigenvalue weighted by Gasteiger charge is -2.36. The molecule has 0 radical (unpaired) electrons. The fraction of sp³-hybridized carbons (Fsp3) is 0.417. The largest absolute Gasteiger partial charge is 0.464 e. The second-order valence-corrected chi connectivity index (χ2v) is 9.48. The quantitative estimate of drug-likeness (QED) is 0.266. The Balaban J connectivity index is 1.39. The van der Waals surface area contributed by atoms with Crippen molar-refractivity contribution in [3.05, 3.63) is 48.2 Å². The molecule has 2 saturated carbocycles. The molecule has 0 N–H and O–H groups in total. The number of furan rings is 1. The number of carbonyl (C=O) groups excluding carboxylic acids is 1. The summed E-state index contributed by atoms with van der Waals surface area (Å²) in [5, 5.41) is 8.49. The predicted octanol–water partition coefficient (Wildman–Crippen LogP) is 6.25. The van der Waals surface area contributed by atoms with Crippen LogP contribution in [-0.2, 0) is 16.1 Å². The zero-order valence-electron chi connectivity index (χ0n) is 16.7. The zero-order chi connectivity index (χ0) is 20.2. The van der Waals surface area contributed by atoms with E-state index in [-0.39, 0.29) is 23.2 Å². The number of benzene rings is 2. The minimum absolute atomic E-state index is 0.0000138. The van der Waals surface area contributed by atoms with Crippen molar-refractivity contribution in [3.63, 3.8) is 0 Å². The molecule has 3 aromatic rings. The molecule has 3 unspecified atom stereocenters. The molecule has 0 aliphatic heterocycles. The molecule has 1 aromatic heterocycles. The van der Waals surface area contributed by atoms with Crippen LogP contribution in [0, 0.1) is 16.7 Å². The van der Waals surface area contributed by atoms with Crippen LogP contribution in [-0.4, -0.2) is 17.0 Å². The molecule has 3 atom stereocenters. The summed E-state index contributed by atoms with van der Waals surface area (Å²) in [5.41, 5.74) is 2.84. The average Bonchev–Trinajstić information content (AvgIpc) is 3.32. The van der Waals surface area contributed by atoms with Crippen molar-refractivity contribution < 1.29 is 14.0 Å². The van der Waals surface area contributed by atoms with Crippen LogP contribution in [0.1, 0.15) is 38.7 Å². The maximum absolute atomic E-state index is 12.6. The molecule has 2 aliphatic rings. The second-order valence-electron chi connectivity index (χ2n) is 8.92. The van der Waals surface area contributed by atoms with Gasteiger partial charge in [0.2, 0.25) is 0 Å². The lowest BCUT2D eigenvalue weighted by Crippen LogP contribution is -2.36. The Labute approximate surface area is 178 Å². The SMILES string of the molecule is CC12CCC(C/C1=N\OC(=O)Cc1coc3ccc4ccccc4c13)C2(C)CBr. The van der Waals surface area contributed by atoms with Gasteiger partial charge in [0, 0.05) is 21.7 Å². The van der Waals surface area contributed by atoms with Crippen molar-refractivity contribution in [1.29, 1.82) is 0 Å². The summed E-state index contributed by atoms with van der Waals surface area (Å²) in [6.07, 6.45) is 5.05. The maximum Gasteiger partial charge on any atom is 0.339 e. The molecule has 1 heterocycles. The van der Waals surface area contributed by atoms with Crippen LogP contribution >= 0.6 is 15.9 Å². The third-order valence-electron chi connectivity index (χ3n) is 7.64. The number of hydrogen-bond donors (Lipinski definition) is 0. The smallest absolute Gasteiger partial charge is 0.339 e. The average molecular weight is 454 g/mol. The van der Waals surface area contributed by atoms with Gasteiger partial charge >= 0.3 is 5.97 Å². The van der Waals surface area contributed by atoms with Gasteiger partial charge in [-0.3, -0.25) is 0 Å². The van der Waals surface area contributed by atoms with E-state index in [4.69, 9.17) is 9.25 Å². The van der Waals surface area contributed by atoms with Crippen LogP contribution < -0.4 is 0 Å². The molecule has 0 amide bonds. The Hall–Kier alpha value is -2.14. The number of nitrogens with zero attached hydrogens (tertiary/aromatic N) is 1. The summed E-state index contributed by atoms with van der Waals surface area (Å²) >= 11 is 3.71. The van der Waals surface area contributed by atoms with E-state index in [9.17, 15) is 4.79 Å². The first-order chi connectivity index (χ1) is 14.0. The van der Waals surface area contributed by atoms with Gasteiger partial charge in [-0.15, -0.1) is 0 Å². The van der Waals surface area contributed by atoms with Crippen LogP contribution in [0.3, 0.4) is 0 Å². The van der Waals surface area contributed by atoms with Gasteiger partial charge in [0.1, 0.15) is 5.58 Å². The number of alkyl halides is 1. The van der Waals surface area contributed by atoms with Crippen LogP contribution in [0.4, 0.5) is 0 Å². The van der Waals surface area contributed by atoms with Gasteiger partial charge in [-0.2, -0.15) is 0 Å². The van der Waals surface area contributed by atoms with Crippen LogP contribution in [0.2, 0.25) is 0 Å². The van der Waals surface area contributed by atoms with Gasteiger partial charge in [-0.1, -0.05) is 65.3 Å². The van der Waals surface area contributed by atoms with Gasteiger partial charge in [0.15, 0.2) is 0 Å². The Morgan fingerprint density at radius 2 is 2.10 bits per heavy atom.